The number of ether oxygens (including phenoxy) is 1. The van der Waals surface area contributed by atoms with Gasteiger partial charge in [0.05, 0.1) is 29.7 Å². The molecule has 0 saturated carbocycles. The van der Waals surface area contributed by atoms with Crippen LogP contribution in [0.4, 0.5) is 0 Å². The third-order valence-electron chi connectivity index (χ3n) is 4.82. The first-order valence-electron chi connectivity index (χ1n) is 10.5. The van der Waals surface area contributed by atoms with Crippen molar-refractivity contribution < 1.29 is 13.9 Å². The molecule has 2 aromatic heterocycles. The largest absolute Gasteiger partial charge is 0.494 e. The molecule has 7 nitrogen and oxygen atoms in total. The van der Waals surface area contributed by atoms with E-state index >= 15 is 0 Å². The second kappa shape index (κ2) is 10.6. The molecule has 4 aromatic rings. The normalized spacial score (nSPS) is 11.8. The van der Waals surface area contributed by atoms with Gasteiger partial charge in [-0.15, -0.1) is 10.2 Å². The molecule has 0 bridgehead atoms. The van der Waals surface area contributed by atoms with Gasteiger partial charge in [-0.2, -0.15) is 0 Å². The first-order chi connectivity index (χ1) is 16.1. The van der Waals surface area contributed by atoms with Crippen LogP contribution in [0.5, 0.6) is 5.75 Å². The third-order valence-corrected chi connectivity index (χ3v) is 6.19. The summed E-state index contributed by atoms with van der Waals surface area (Å²) < 4.78 is 12.7. The van der Waals surface area contributed by atoms with Gasteiger partial charge < -0.3 is 14.5 Å². The fraction of sp³-hybridized carbons (Fsp3) is 0.208. The number of carbonyl (C=O) groups is 1. The number of benzene rings is 2. The monoisotopic (exact) mass is 482 g/mol. The van der Waals surface area contributed by atoms with Gasteiger partial charge in [0.1, 0.15) is 11.5 Å². The van der Waals surface area contributed by atoms with E-state index in [2.05, 4.69) is 15.5 Å². The van der Waals surface area contributed by atoms with E-state index in [-0.39, 0.29) is 5.91 Å². The van der Waals surface area contributed by atoms with E-state index in [0.29, 0.717) is 34.9 Å². The molecular formula is C24H23ClN4O3S. The average molecular weight is 483 g/mol. The number of rotatable bonds is 9. The maximum atomic E-state index is 12.7. The Morgan fingerprint density at radius 3 is 2.64 bits per heavy atom. The van der Waals surface area contributed by atoms with Crippen molar-refractivity contribution in [2.75, 3.05) is 6.61 Å². The van der Waals surface area contributed by atoms with Gasteiger partial charge in [0.2, 0.25) is 5.91 Å². The van der Waals surface area contributed by atoms with Gasteiger partial charge in [0.25, 0.3) is 0 Å². The van der Waals surface area contributed by atoms with Crippen LogP contribution < -0.4 is 10.1 Å². The van der Waals surface area contributed by atoms with Gasteiger partial charge in [-0.25, -0.2) is 0 Å². The Morgan fingerprint density at radius 1 is 1.15 bits per heavy atom. The summed E-state index contributed by atoms with van der Waals surface area (Å²) in [4.78, 5) is 12.7. The molecule has 0 saturated heterocycles. The zero-order valence-corrected chi connectivity index (χ0v) is 19.8. The molecule has 170 valence electrons. The molecule has 1 N–H and O–H groups in total. The van der Waals surface area contributed by atoms with Crippen LogP contribution in [0.15, 0.2) is 76.5 Å². The second-order valence-electron chi connectivity index (χ2n) is 7.11. The Kier molecular flexibility index (Phi) is 7.36. The first kappa shape index (κ1) is 22.9. The standard InChI is InChI=1S/C24H23ClN4O3S/c1-3-31-18-12-10-17(11-13-18)29-22(20-8-4-5-9-21(20)25)27-28-24(29)33-16(2)23(30)26-15-19-7-6-14-32-19/h4-14,16H,3,15H2,1-2H3,(H,26,30)/t16-/m0/s1. The van der Waals surface area contributed by atoms with E-state index in [1.807, 2.05) is 73.0 Å². The highest BCUT2D eigenvalue weighted by Gasteiger charge is 2.23. The van der Waals surface area contributed by atoms with E-state index in [0.717, 1.165) is 17.0 Å². The Labute approximate surface area is 201 Å². The quantitative estimate of drug-likeness (QED) is 0.323. The van der Waals surface area contributed by atoms with Crippen molar-refractivity contribution in [2.45, 2.75) is 30.8 Å². The van der Waals surface area contributed by atoms with Gasteiger partial charge in [-0.1, -0.05) is 35.5 Å². The molecule has 0 unspecified atom stereocenters. The number of carbonyl (C=O) groups excluding carboxylic acids is 1. The van der Waals surface area contributed by atoms with E-state index in [1.165, 1.54) is 11.8 Å². The van der Waals surface area contributed by atoms with Crippen molar-refractivity contribution in [3.8, 4) is 22.8 Å². The number of furan rings is 1. The average Bonchev–Trinajstić information content (AvgIpc) is 3.49. The van der Waals surface area contributed by atoms with Crippen LogP contribution in [-0.4, -0.2) is 32.5 Å². The Morgan fingerprint density at radius 2 is 1.94 bits per heavy atom. The van der Waals surface area contributed by atoms with Gasteiger partial charge in [-0.3, -0.25) is 9.36 Å². The number of nitrogens with one attached hydrogen (secondary N) is 1. The molecule has 0 spiro atoms. The minimum Gasteiger partial charge on any atom is -0.494 e. The van der Waals surface area contributed by atoms with Crippen LogP contribution in [0.2, 0.25) is 5.02 Å². The highest BCUT2D eigenvalue weighted by Crippen LogP contribution is 2.33. The predicted octanol–water partition coefficient (Wildman–Crippen LogP) is 5.38. The molecule has 1 atom stereocenters. The molecule has 0 aliphatic heterocycles. The van der Waals surface area contributed by atoms with Crippen molar-refractivity contribution >= 4 is 29.3 Å². The summed E-state index contributed by atoms with van der Waals surface area (Å²) in [5.74, 6) is 1.93. The van der Waals surface area contributed by atoms with Gasteiger partial charge in [0.15, 0.2) is 11.0 Å². The molecule has 0 radical (unpaired) electrons. The molecule has 0 fully saturated rings. The molecule has 0 aliphatic rings. The van der Waals surface area contributed by atoms with Crippen LogP contribution >= 0.6 is 23.4 Å². The van der Waals surface area contributed by atoms with Crippen LogP contribution in [-0.2, 0) is 11.3 Å². The topological polar surface area (TPSA) is 82.2 Å². The van der Waals surface area contributed by atoms with Gasteiger partial charge >= 0.3 is 0 Å². The number of aromatic nitrogens is 3. The SMILES string of the molecule is CCOc1ccc(-n2c(S[C@@H](C)C(=O)NCc3ccco3)nnc2-c2ccccc2Cl)cc1. The smallest absolute Gasteiger partial charge is 0.233 e. The maximum absolute atomic E-state index is 12.7. The fourth-order valence-electron chi connectivity index (χ4n) is 3.20. The van der Waals surface area contributed by atoms with E-state index in [1.54, 1.807) is 12.3 Å². The van der Waals surface area contributed by atoms with E-state index in [4.69, 9.17) is 20.8 Å². The van der Waals surface area contributed by atoms with Gasteiger partial charge in [-0.05, 0) is 62.4 Å². The highest BCUT2D eigenvalue weighted by molar-refractivity contribution is 8.00. The second-order valence-corrected chi connectivity index (χ2v) is 8.82. The third kappa shape index (κ3) is 5.40. The summed E-state index contributed by atoms with van der Waals surface area (Å²) >= 11 is 7.78. The molecule has 2 heterocycles. The van der Waals surface area contributed by atoms with Crippen LogP contribution in [0.1, 0.15) is 19.6 Å². The number of hydrogen-bond donors (Lipinski definition) is 1. The number of nitrogens with zero attached hydrogens (tertiary/aromatic N) is 3. The van der Waals surface area contributed by atoms with Crippen molar-refractivity contribution in [2.24, 2.45) is 0 Å². The molecule has 1 amide bonds. The summed E-state index contributed by atoms with van der Waals surface area (Å²) in [6, 6.07) is 18.7. The number of halogens is 1. The Hall–Kier alpha value is -3.23. The van der Waals surface area contributed by atoms with Crippen molar-refractivity contribution in [1.29, 1.82) is 0 Å². The lowest BCUT2D eigenvalue weighted by molar-refractivity contribution is -0.120. The molecule has 2 aromatic carbocycles. The summed E-state index contributed by atoms with van der Waals surface area (Å²) in [5.41, 5.74) is 1.59. The molecule has 0 aliphatic carbocycles. The van der Waals surface area contributed by atoms with Crippen LogP contribution in [0.25, 0.3) is 17.1 Å². The summed E-state index contributed by atoms with van der Waals surface area (Å²) in [7, 11) is 0. The van der Waals surface area contributed by atoms with Crippen molar-refractivity contribution in [3.63, 3.8) is 0 Å². The molecular weight excluding hydrogens is 460 g/mol. The maximum Gasteiger partial charge on any atom is 0.233 e. The highest BCUT2D eigenvalue weighted by atomic mass is 35.5. The molecule has 33 heavy (non-hydrogen) atoms. The predicted molar refractivity (Wildman–Crippen MR) is 129 cm³/mol. The number of amides is 1. The number of hydrogen-bond acceptors (Lipinski definition) is 6. The minimum absolute atomic E-state index is 0.128. The lowest BCUT2D eigenvalue weighted by atomic mass is 10.2. The number of thioether (sulfide) groups is 1. The van der Waals surface area contributed by atoms with Crippen LogP contribution in [0.3, 0.4) is 0 Å². The zero-order valence-electron chi connectivity index (χ0n) is 18.2. The van der Waals surface area contributed by atoms with Crippen LogP contribution in [0, 0.1) is 0 Å². The molecule has 4 rings (SSSR count). The first-order valence-corrected chi connectivity index (χ1v) is 11.7. The summed E-state index contributed by atoms with van der Waals surface area (Å²) in [6.45, 7) is 4.68. The Bertz CT molecular complexity index is 1210. The minimum atomic E-state index is -0.412. The van der Waals surface area contributed by atoms with Gasteiger partial charge in [0, 0.05) is 11.3 Å². The fourth-order valence-corrected chi connectivity index (χ4v) is 4.31. The lowest BCUT2D eigenvalue weighted by Gasteiger charge is -2.14. The van der Waals surface area contributed by atoms with Crippen molar-refractivity contribution in [3.05, 3.63) is 77.7 Å². The van der Waals surface area contributed by atoms with E-state index < -0.39 is 5.25 Å². The summed E-state index contributed by atoms with van der Waals surface area (Å²) in [6.07, 6.45) is 1.58. The molecule has 9 heteroatoms. The lowest BCUT2D eigenvalue weighted by Crippen LogP contribution is -2.30. The Balaban J connectivity index is 1.63. The zero-order chi connectivity index (χ0) is 23.2. The van der Waals surface area contributed by atoms with E-state index in [9.17, 15) is 4.79 Å². The van der Waals surface area contributed by atoms with Crippen molar-refractivity contribution in [1.82, 2.24) is 20.1 Å². The summed E-state index contributed by atoms with van der Waals surface area (Å²) in [5, 5.41) is 12.4.